The van der Waals surface area contributed by atoms with Gasteiger partial charge in [0.15, 0.2) is 5.96 Å². The molecular formula is C72H117N17O16. The van der Waals surface area contributed by atoms with Gasteiger partial charge in [-0.05, 0) is 169 Å². The van der Waals surface area contributed by atoms with Gasteiger partial charge in [-0.3, -0.25) is 57.7 Å². The molecule has 2 heterocycles. The summed E-state index contributed by atoms with van der Waals surface area (Å²) in [5.74, 6) is -12.2. The van der Waals surface area contributed by atoms with Crippen LogP contribution in [0, 0.1) is 23.7 Å². The highest BCUT2D eigenvalue weighted by molar-refractivity contribution is 6.00. The number of carboxylic acid groups (broad SMARTS) is 1. The van der Waals surface area contributed by atoms with Crippen LogP contribution in [0.1, 0.15) is 163 Å². The highest BCUT2D eigenvalue weighted by atomic mass is 16.4. The average Bonchev–Trinajstić information content (AvgIpc) is 1.63. The Hall–Kier alpha value is -9.21. The Morgan fingerprint density at radius 1 is 0.514 bits per heavy atom. The molecule has 33 heteroatoms. The third-order valence-electron chi connectivity index (χ3n) is 18.6. The van der Waals surface area contributed by atoms with Crippen molar-refractivity contribution in [2.24, 2.45) is 51.6 Å². The fourth-order valence-electron chi connectivity index (χ4n) is 12.3. The molecule has 2 fully saturated rings. The predicted molar refractivity (Wildman–Crippen MR) is 392 cm³/mol. The highest BCUT2D eigenvalue weighted by Crippen LogP contribution is 2.24. The van der Waals surface area contributed by atoms with Crippen molar-refractivity contribution in [2.75, 3.05) is 32.7 Å². The number of hydrogen-bond donors (Lipinski definition) is 19. The molecule has 2 saturated heterocycles. The molecule has 11 amide bonds. The Labute approximate surface area is 615 Å². The number of unbranched alkanes of at least 4 members (excludes halogenated alkanes) is 2. The lowest BCUT2D eigenvalue weighted by molar-refractivity contribution is -0.144. The molecule has 0 unspecified atom stereocenters. The Bertz CT molecular complexity index is 3220. The van der Waals surface area contributed by atoms with Gasteiger partial charge in [-0.2, -0.15) is 0 Å². The van der Waals surface area contributed by atoms with Crippen LogP contribution in [0.25, 0.3) is 0 Å². The molecule has 14 atom stereocenters. The fraction of sp³-hybridized carbons (Fsp3) is 0.653. The van der Waals surface area contributed by atoms with Crippen molar-refractivity contribution in [2.45, 2.75) is 244 Å². The van der Waals surface area contributed by atoms with Gasteiger partial charge in [-0.1, -0.05) is 86.1 Å². The number of carboxylic acids is 1. The predicted octanol–water partition coefficient (Wildman–Crippen LogP) is -1.34. The number of benzene rings is 2. The number of phenols is 2. The van der Waals surface area contributed by atoms with Gasteiger partial charge in [0.25, 0.3) is 0 Å². The zero-order valence-electron chi connectivity index (χ0n) is 62.2. The van der Waals surface area contributed by atoms with Gasteiger partial charge in [0.05, 0.1) is 12.1 Å². The van der Waals surface area contributed by atoms with E-state index in [2.05, 4.69) is 63.5 Å². The fourth-order valence-corrected chi connectivity index (χ4v) is 12.3. The quantitative estimate of drug-likeness (QED) is 0.0207. The van der Waals surface area contributed by atoms with Crippen molar-refractivity contribution in [3.05, 3.63) is 59.7 Å². The first kappa shape index (κ1) is 88.2. The Balaban J connectivity index is 1.59. The molecular weight excluding hydrogens is 1360 g/mol. The number of phenolic OH excluding ortho intramolecular Hbond substituents is 2. The maximum atomic E-state index is 15.0. The third-order valence-corrected chi connectivity index (χ3v) is 18.6. The Kier molecular flexibility index (Phi) is 37.4. The van der Waals surface area contributed by atoms with Crippen LogP contribution in [-0.2, 0) is 70.4 Å². The van der Waals surface area contributed by atoms with Crippen molar-refractivity contribution in [3.8, 4) is 11.5 Å². The van der Waals surface area contributed by atoms with E-state index in [0.717, 1.165) is 6.42 Å². The number of guanidine groups is 1. The van der Waals surface area contributed by atoms with Gasteiger partial charge >= 0.3 is 5.97 Å². The number of aliphatic hydroxyl groups excluding tert-OH is 1. The first-order chi connectivity index (χ1) is 49.7. The number of hydrogen-bond acceptors (Lipinski definition) is 19. The molecule has 586 valence electrons. The average molecular weight is 1480 g/mol. The van der Waals surface area contributed by atoms with Crippen molar-refractivity contribution in [1.29, 1.82) is 0 Å². The lowest BCUT2D eigenvalue weighted by atomic mass is 9.95. The van der Waals surface area contributed by atoms with Crippen LogP contribution in [0.5, 0.6) is 11.5 Å². The zero-order chi connectivity index (χ0) is 78.2. The molecule has 2 aromatic rings. The standard InChI is InChI=1S/C72H117N17O16/c1-10-42(8)58(87-68(101)57(41(6)7)85-62(95)50(19-12-14-32-74)81-69(102)59(43(9)90)88-63(96)49(18-11-13-31-73)79-60(93)48-20-15-33-77-48)70(103)89-35-17-22-55(89)66(99)83-53(38-45-25-29-47(92)30-26-45)65(98)86-56(40(4)5)67(100)80-51(21-16-34-78-72(75)76)61(94)82-52(37-44-23-27-46(91)28-24-44)64(97)84-54(71(104)105)36-39(2)3/h23-30,39-43,48-59,77,90-92H,10-22,31-38,73-74H2,1-9H3,(H,79,93)(H,80,100)(H,81,102)(H,82,94)(H,83,99)(H,84,97)(H,85,95)(H,86,98)(H,87,101)(H,88,96)(H,104,105)(H4,75,76,78)/t42-,43+,48-,49-,50-,51-,52-,53-,54-,55-,56-,57-,58-,59-/m0/s1. The van der Waals surface area contributed by atoms with E-state index in [0.29, 0.717) is 69.2 Å². The number of aliphatic carboxylic acids is 1. The largest absolute Gasteiger partial charge is 0.508 e. The van der Waals surface area contributed by atoms with E-state index < -0.39 is 167 Å². The SMILES string of the molecule is CC[C@H](C)[C@H](NC(=O)[C@@H](NC(=O)[C@H](CCCCN)NC(=O)[C@@H](NC(=O)[C@H](CCCCN)NC(=O)[C@@H]1CCCN1)[C@@H](C)O)C(C)C)C(=O)N1CCC[C@H]1C(=O)N[C@@H](Cc1ccc(O)cc1)C(=O)N[C@H](C(=O)N[C@@H](CCCN=C(N)N)C(=O)N[C@@H](Cc1ccc(O)cc1)C(=O)N[C@@H](CC(C)C)C(=O)O)C(C)C. The van der Waals surface area contributed by atoms with E-state index >= 15 is 4.79 Å². The summed E-state index contributed by atoms with van der Waals surface area (Å²) in [7, 11) is 0. The van der Waals surface area contributed by atoms with Crippen LogP contribution in [0.15, 0.2) is 53.5 Å². The van der Waals surface area contributed by atoms with Crippen LogP contribution >= 0.6 is 0 Å². The summed E-state index contributed by atoms with van der Waals surface area (Å²) >= 11 is 0. The maximum absolute atomic E-state index is 15.0. The number of aliphatic hydroxyl groups is 1. The summed E-state index contributed by atoms with van der Waals surface area (Å²) in [6.45, 7) is 16.2. The molecule has 0 saturated carbocycles. The molecule has 23 N–H and O–H groups in total. The number of likely N-dealkylation sites (tertiary alicyclic amines) is 1. The molecule has 4 rings (SSSR count). The van der Waals surface area contributed by atoms with Gasteiger partial charge in [-0.25, -0.2) is 4.79 Å². The lowest BCUT2D eigenvalue weighted by Crippen LogP contribution is -2.62. The lowest BCUT2D eigenvalue weighted by Gasteiger charge is -2.34. The van der Waals surface area contributed by atoms with Gasteiger partial charge in [-0.15, -0.1) is 0 Å². The normalized spacial score (nSPS) is 17.7. The molecule has 0 bridgehead atoms. The number of amides is 11. The summed E-state index contributed by atoms with van der Waals surface area (Å²) < 4.78 is 0. The molecule has 33 nitrogen and oxygen atoms in total. The Morgan fingerprint density at radius 3 is 1.39 bits per heavy atom. The number of nitrogens with one attached hydrogen (secondary N) is 11. The van der Waals surface area contributed by atoms with Crippen LogP contribution in [0.2, 0.25) is 0 Å². The molecule has 2 aliphatic rings. The van der Waals surface area contributed by atoms with Crippen molar-refractivity contribution < 1.29 is 78.0 Å². The summed E-state index contributed by atoms with van der Waals surface area (Å²) in [6, 6.07) is -3.78. The monoisotopic (exact) mass is 1480 g/mol. The summed E-state index contributed by atoms with van der Waals surface area (Å²) in [6.07, 6.45) is 2.33. The highest BCUT2D eigenvalue weighted by Gasteiger charge is 2.43. The van der Waals surface area contributed by atoms with Crippen molar-refractivity contribution in [3.63, 3.8) is 0 Å². The minimum atomic E-state index is -1.60. The molecule has 2 aromatic carbocycles. The minimum Gasteiger partial charge on any atom is -0.508 e. The minimum absolute atomic E-state index is 0.00956. The Morgan fingerprint density at radius 2 is 0.933 bits per heavy atom. The van der Waals surface area contributed by atoms with Gasteiger partial charge in [0.2, 0.25) is 65.0 Å². The second-order valence-corrected chi connectivity index (χ2v) is 28.5. The van der Waals surface area contributed by atoms with E-state index in [4.69, 9.17) is 22.9 Å². The molecule has 0 aliphatic carbocycles. The van der Waals surface area contributed by atoms with Gasteiger partial charge in [0.1, 0.15) is 78.0 Å². The van der Waals surface area contributed by atoms with Crippen LogP contribution in [0.3, 0.4) is 0 Å². The van der Waals surface area contributed by atoms with E-state index in [1.54, 1.807) is 55.4 Å². The second-order valence-electron chi connectivity index (χ2n) is 28.5. The maximum Gasteiger partial charge on any atom is 0.326 e. The third kappa shape index (κ3) is 29.3. The number of carbonyl (C=O) groups is 12. The number of aromatic hydroxyl groups is 2. The first-order valence-electron chi connectivity index (χ1n) is 36.7. The summed E-state index contributed by atoms with van der Waals surface area (Å²) in [5.41, 5.74) is 23.6. The zero-order valence-corrected chi connectivity index (χ0v) is 62.2. The summed E-state index contributed by atoms with van der Waals surface area (Å²) in [5, 5.41) is 71.2. The smallest absolute Gasteiger partial charge is 0.326 e. The number of aliphatic imine (C=N–C) groups is 1. The van der Waals surface area contributed by atoms with E-state index in [9.17, 15) is 73.2 Å². The second kappa shape index (κ2) is 44.6. The number of carbonyl (C=O) groups excluding carboxylic acids is 11. The van der Waals surface area contributed by atoms with Crippen LogP contribution in [-0.4, -0.2) is 214 Å². The molecule has 0 aromatic heterocycles. The van der Waals surface area contributed by atoms with E-state index in [-0.39, 0.29) is 94.4 Å². The van der Waals surface area contributed by atoms with Crippen molar-refractivity contribution in [1.82, 2.24) is 63.4 Å². The molecule has 2 aliphatic heterocycles. The van der Waals surface area contributed by atoms with Crippen LogP contribution < -0.4 is 81.4 Å². The summed E-state index contributed by atoms with van der Waals surface area (Å²) in [4.78, 5) is 176. The number of nitrogens with zero attached hydrogens (tertiary/aromatic N) is 2. The van der Waals surface area contributed by atoms with Gasteiger partial charge in [0, 0.05) is 25.9 Å². The number of rotatable bonds is 45. The van der Waals surface area contributed by atoms with Gasteiger partial charge < -0.3 is 107 Å². The van der Waals surface area contributed by atoms with E-state index in [1.807, 2.05) is 0 Å². The number of nitrogens with two attached hydrogens (primary N) is 4. The first-order valence-corrected chi connectivity index (χ1v) is 36.7. The topological polar surface area (TPSA) is 538 Å². The molecule has 105 heavy (non-hydrogen) atoms. The van der Waals surface area contributed by atoms with Crippen LogP contribution in [0.4, 0.5) is 0 Å². The van der Waals surface area contributed by atoms with E-state index in [1.165, 1.54) is 60.4 Å². The molecule has 0 radical (unpaired) electrons. The molecule has 0 spiro atoms. The van der Waals surface area contributed by atoms with Crippen molar-refractivity contribution >= 4 is 76.9 Å².